The topological polar surface area (TPSA) is 304 Å². The van der Waals surface area contributed by atoms with Gasteiger partial charge in [-0.05, 0) is 148 Å². The second-order valence-electron chi connectivity index (χ2n) is 35.1. The van der Waals surface area contributed by atoms with E-state index in [9.17, 15) is 24.3 Å². The van der Waals surface area contributed by atoms with Crippen LogP contribution in [0.3, 0.4) is 0 Å². The molecular weight excluding hydrogens is 1740 g/mol. The quantitative estimate of drug-likeness (QED) is 0.0711. The van der Waals surface area contributed by atoms with E-state index in [1.54, 1.807) is 59.6 Å². The van der Waals surface area contributed by atoms with Gasteiger partial charge >= 0.3 is 0 Å². The molecule has 2 N–H and O–H groups in total. The molecule has 16 aromatic heterocycles. The number of imidazole rings is 3. The Morgan fingerprint density at radius 2 is 0.735 bits per heavy atom. The van der Waals surface area contributed by atoms with Crippen LogP contribution in [0, 0.1) is 34.6 Å². The van der Waals surface area contributed by atoms with Gasteiger partial charge in [-0.1, -0.05) is 34.8 Å². The van der Waals surface area contributed by atoms with Gasteiger partial charge < -0.3 is 52.5 Å². The van der Waals surface area contributed by atoms with E-state index in [0.29, 0.717) is 127 Å². The van der Waals surface area contributed by atoms with Gasteiger partial charge in [0.2, 0.25) is 0 Å². The average Bonchev–Trinajstić information content (AvgIpc) is 1.42. The molecule has 0 radical (unpaired) electrons. The van der Waals surface area contributed by atoms with E-state index in [4.69, 9.17) is 69.3 Å². The van der Waals surface area contributed by atoms with Crippen molar-refractivity contribution in [1.29, 1.82) is 0 Å². The number of halogens is 3. The zero-order valence-electron chi connectivity index (χ0n) is 75.7. The van der Waals surface area contributed by atoms with Crippen molar-refractivity contribution in [1.82, 2.24) is 99.9 Å². The molecule has 16 aromatic rings. The first-order valence-electron chi connectivity index (χ1n) is 44.9. The smallest absolute Gasteiger partial charge is 0.258 e. The monoisotopic (exact) mass is 1840 g/mol. The van der Waals surface area contributed by atoms with E-state index in [2.05, 4.69) is 98.0 Å². The van der Waals surface area contributed by atoms with Crippen molar-refractivity contribution in [3.05, 3.63) is 250 Å². The average molecular weight is 1850 g/mol. The van der Waals surface area contributed by atoms with Crippen LogP contribution < -0.4 is 41.8 Å². The number of pyridine rings is 7. The summed E-state index contributed by atoms with van der Waals surface area (Å²) in [6.45, 7) is 33.9. The van der Waals surface area contributed by atoms with Crippen molar-refractivity contribution in [3.8, 4) is 45.2 Å². The van der Waals surface area contributed by atoms with Crippen molar-refractivity contribution < 1.29 is 19.7 Å². The summed E-state index contributed by atoms with van der Waals surface area (Å²) in [6, 6.07) is 31.7. The van der Waals surface area contributed by atoms with Crippen LogP contribution in [-0.4, -0.2) is 279 Å². The first-order valence-corrected chi connectivity index (χ1v) is 46.1. The zero-order chi connectivity index (χ0) is 92.0. The molecular formula is C96H108Cl3N25O8. The molecule has 36 heteroatoms. The largest absolute Gasteiger partial charge is 0.395 e. The maximum atomic E-state index is 13.1. The van der Waals surface area contributed by atoms with Crippen LogP contribution in [0.5, 0.6) is 0 Å². The molecule has 0 spiro atoms. The molecule has 4 saturated heterocycles. The second kappa shape index (κ2) is 38.6. The highest BCUT2D eigenvalue weighted by Crippen LogP contribution is 2.35. The highest BCUT2D eigenvalue weighted by Gasteiger charge is 2.36. The van der Waals surface area contributed by atoms with Crippen LogP contribution in [0.2, 0.25) is 15.1 Å². The summed E-state index contributed by atoms with van der Waals surface area (Å²) in [4.78, 5) is 108. The number of rotatable bonds is 19. The predicted octanol–water partition coefficient (Wildman–Crippen LogP) is 10.8. The Morgan fingerprint density at radius 3 is 1.11 bits per heavy atom. The molecule has 4 atom stereocenters. The van der Waals surface area contributed by atoms with Gasteiger partial charge in [0.25, 0.3) is 22.2 Å². The molecule has 0 aromatic carbocycles. The summed E-state index contributed by atoms with van der Waals surface area (Å²) < 4.78 is 24.5. The summed E-state index contributed by atoms with van der Waals surface area (Å²) in [5, 5.41) is 24.3. The Hall–Kier alpha value is -12.1. The number of aliphatic hydroxyl groups excluding tert-OH is 2. The Balaban J connectivity index is 0.000000118. The van der Waals surface area contributed by atoms with E-state index >= 15 is 0 Å². The molecule has 33 nitrogen and oxygen atoms in total. The first-order chi connectivity index (χ1) is 63.7. The van der Waals surface area contributed by atoms with Crippen LogP contribution in [-0.2, 0) is 9.47 Å². The third kappa shape index (κ3) is 19.4. The van der Waals surface area contributed by atoms with Crippen molar-refractivity contribution in [3.63, 3.8) is 0 Å². The van der Waals surface area contributed by atoms with Crippen LogP contribution in [0.4, 0.5) is 22.7 Å². The number of piperazine rings is 4. The Bertz CT molecular complexity index is 7270. The molecule has 5 aliphatic rings. The lowest BCUT2D eigenvalue weighted by atomic mass is 10.1. The molecule has 4 aliphatic heterocycles. The van der Waals surface area contributed by atoms with Gasteiger partial charge in [-0.3, -0.25) is 61.4 Å². The predicted molar refractivity (Wildman–Crippen MR) is 517 cm³/mol. The number of hydrogen-bond donors (Lipinski definition) is 2. The van der Waals surface area contributed by atoms with Crippen LogP contribution in [0.1, 0.15) is 69.0 Å². The van der Waals surface area contributed by atoms with E-state index in [1.807, 2.05) is 171 Å². The van der Waals surface area contributed by atoms with Gasteiger partial charge in [0, 0.05) is 238 Å². The number of aryl methyl sites for hydroxylation is 5. The lowest BCUT2D eigenvalue weighted by Gasteiger charge is -2.41. The highest BCUT2D eigenvalue weighted by molar-refractivity contribution is 6.34. The molecule has 0 amide bonds. The maximum Gasteiger partial charge on any atom is 0.258 e. The van der Waals surface area contributed by atoms with E-state index in [0.717, 1.165) is 178 Å². The van der Waals surface area contributed by atoms with Gasteiger partial charge in [-0.2, -0.15) is 5.10 Å². The lowest BCUT2D eigenvalue weighted by molar-refractivity contribution is 0.0624. The minimum atomic E-state index is -0.141. The Kier molecular flexibility index (Phi) is 26.4. The molecule has 1 aliphatic carbocycles. The summed E-state index contributed by atoms with van der Waals surface area (Å²) in [5.74, 6) is 0. The van der Waals surface area contributed by atoms with E-state index in [-0.39, 0.29) is 35.5 Å². The summed E-state index contributed by atoms with van der Waals surface area (Å²) >= 11 is 19.3. The number of ether oxygens (including phenoxy) is 2. The number of aromatic nitrogens is 17. The fourth-order valence-electron chi connectivity index (χ4n) is 18.6. The Morgan fingerprint density at radius 1 is 0.371 bits per heavy atom. The second-order valence-corrected chi connectivity index (χ2v) is 36.3. The zero-order valence-corrected chi connectivity index (χ0v) is 78.0. The maximum absolute atomic E-state index is 13.1. The van der Waals surface area contributed by atoms with Crippen molar-refractivity contribution >= 4 is 103 Å². The van der Waals surface area contributed by atoms with Crippen LogP contribution in [0.25, 0.3) is 90.2 Å². The molecule has 686 valence electrons. The molecule has 20 heterocycles. The first kappa shape index (κ1) is 90.4. The number of nitrogens with zero attached hydrogens (tertiary/aromatic N) is 25. The third-order valence-corrected chi connectivity index (χ3v) is 26.4. The minimum Gasteiger partial charge on any atom is -0.395 e. The highest BCUT2D eigenvalue weighted by atomic mass is 35.5. The van der Waals surface area contributed by atoms with Gasteiger partial charge in [0.15, 0.2) is 16.9 Å². The molecule has 5 fully saturated rings. The van der Waals surface area contributed by atoms with Crippen molar-refractivity contribution in [2.45, 2.75) is 105 Å². The van der Waals surface area contributed by atoms with Crippen LogP contribution >= 0.6 is 34.8 Å². The SMILES string of the molecule is COCCN1CCN(c2ccc3nc(-c4cc(Cl)c5nc(C)cn5c4)cc(=O)n3c2)C[C@@H]1C.Cc1cn2cc(-c3cc(=O)n4cc(N5CCN(C6CC6)[C@@H](C)C5)ccc4n3)cc(Cl)c2n1.Cc1cn2cc(-c3cc(=O)n4cc(N5CCN(CCOCCO)[C@@H](C)C5)ccc4n3)cc(Cl)c2n1.Cc1cn2nc(-c3cc(=O)n4cc(N5CCN(CCO)[C@H](C)C5)ccc4n3)cc2c(C)n1. The van der Waals surface area contributed by atoms with Crippen molar-refractivity contribution in [2.24, 2.45) is 0 Å². The number of hydrogen-bond acceptors (Lipinski definition) is 25. The number of fused-ring (bicyclic) bond motifs is 8. The number of β-amino-alcohol motifs (C(OH)–C–C–N with tert-alkyl or cyclic N) is 1. The third-order valence-electron chi connectivity index (χ3n) is 25.5. The summed E-state index contributed by atoms with van der Waals surface area (Å²) in [5.41, 5.74) is 18.6. The number of methoxy groups -OCH3 is 1. The van der Waals surface area contributed by atoms with E-state index in [1.165, 1.54) is 18.9 Å². The Labute approximate surface area is 776 Å². The standard InChI is InChI=1S/C25H29ClN6O3.C24H27ClN6O2.C24H25ClN6O.C23H27N7O2/c1-17-13-31-15-19(11-21(26)25(31)27-17)22-12-24(34)32-16-20(3-4-23(32)28-22)30-6-5-29(18(2)14-30)7-9-35-10-8-33;1-16-12-30-14-18(10-20(25)24(30)26-16)21-11-23(32)31-15-19(4-5-22(31)27-21)29-7-6-28(8-9-33-3)17(2)13-29;1-15-11-29-13-17(9-20(25)24(29)26-15)21-10-23(32)31-14-19(5-6-22(31)27-21)28-7-8-30(16(2)12-28)18-3-4-18;1-15-12-30-21(17(3)24-15)10-20(26-30)19-11-23(32)29-14-18(4-5-22(29)25-19)28-7-6-27(8-9-31)16(2)13-28/h3-4,11-13,15-16,18,33H,5-10,14H2,1-2H3;4-5,10-12,14-15,17H,6-9,13H2,1-3H3;5-6,9-11,13-14,16,18H,3-4,7-8,12H2,1-2H3;4-5,10-12,14,16,31H,6-9,13H2,1-3H3/t18-;17-;2*16-/m0001/s1. The normalized spacial score (nSPS) is 17.9. The minimum absolute atomic E-state index is 0.0499. The van der Waals surface area contributed by atoms with Crippen LogP contribution in [0.15, 0.2) is 184 Å². The number of aliphatic hydroxyl groups is 2. The molecule has 0 bridgehead atoms. The summed E-state index contributed by atoms with van der Waals surface area (Å²) in [7, 11) is 1.73. The van der Waals surface area contributed by atoms with Crippen molar-refractivity contribution in [2.75, 3.05) is 158 Å². The van der Waals surface area contributed by atoms with Gasteiger partial charge in [0.1, 0.15) is 28.3 Å². The van der Waals surface area contributed by atoms with Gasteiger partial charge in [0.05, 0.1) is 134 Å². The van der Waals surface area contributed by atoms with E-state index < -0.39 is 0 Å². The molecule has 1 saturated carbocycles. The lowest BCUT2D eigenvalue weighted by Crippen LogP contribution is -2.52. The fourth-order valence-corrected chi connectivity index (χ4v) is 19.4. The fraction of sp³-hybridized carbons (Fsp3) is 0.385. The van der Waals surface area contributed by atoms with Gasteiger partial charge in [-0.15, -0.1) is 0 Å². The van der Waals surface area contributed by atoms with Gasteiger partial charge in [-0.25, -0.2) is 39.4 Å². The number of anilines is 4. The molecule has 132 heavy (non-hydrogen) atoms. The summed E-state index contributed by atoms with van der Waals surface area (Å²) in [6.07, 6.45) is 23.5. The molecule has 21 rings (SSSR count). The molecule has 0 unspecified atom stereocenters.